The molecule has 3 heteroatoms. The lowest BCUT2D eigenvalue weighted by molar-refractivity contribution is 0.418. The summed E-state index contributed by atoms with van der Waals surface area (Å²) in [7, 11) is 0. The van der Waals surface area contributed by atoms with Crippen LogP contribution in [0.5, 0.6) is 11.5 Å². The average molecular weight is 420 g/mol. The molecule has 3 aromatic carbocycles. The number of pyridine rings is 1. The SMILES string of the molecule is CC(C)c1ccnc(-c2cccc3c2oc2cc4c(cc23)C(C)(C)c2ccccc2O4)c1. The maximum atomic E-state index is 6.44. The van der Waals surface area contributed by atoms with Gasteiger partial charge in [-0.25, -0.2) is 0 Å². The Morgan fingerprint density at radius 3 is 2.50 bits per heavy atom. The summed E-state index contributed by atoms with van der Waals surface area (Å²) in [5.74, 6) is 2.22. The van der Waals surface area contributed by atoms with Crippen LogP contribution < -0.4 is 4.74 Å². The normalized spacial score (nSPS) is 14.4. The van der Waals surface area contributed by atoms with E-state index in [1.165, 1.54) is 16.7 Å². The number of rotatable bonds is 2. The van der Waals surface area contributed by atoms with E-state index in [1.807, 2.05) is 24.4 Å². The van der Waals surface area contributed by atoms with Gasteiger partial charge in [0.2, 0.25) is 0 Å². The molecule has 3 heterocycles. The summed E-state index contributed by atoms with van der Waals surface area (Å²) >= 11 is 0. The average Bonchev–Trinajstić information content (AvgIpc) is 3.16. The zero-order valence-corrected chi connectivity index (χ0v) is 18.8. The zero-order chi connectivity index (χ0) is 22.0. The molecular weight excluding hydrogens is 394 g/mol. The Kier molecular flexibility index (Phi) is 4.00. The molecule has 0 amide bonds. The standard InChI is InChI=1S/C29H25NO2/c1-17(2)18-12-13-30-24(14-18)20-9-7-8-19-21-15-23-27(16-26(21)32-28(19)20)31-25-11-6-5-10-22(25)29(23,3)4/h5-17H,1-4H3. The number of hydrogen-bond donors (Lipinski definition) is 0. The van der Waals surface area contributed by atoms with E-state index in [1.54, 1.807) is 0 Å². The highest BCUT2D eigenvalue weighted by molar-refractivity contribution is 6.10. The van der Waals surface area contributed by atoms with E-state index < -0.39 is 0 Å². The molecular formula is C29H25NO2. The van der Waals surface area contributed by atoms with Crippen molar-refractivity contribution in [1.82, 2.24) is 4.98 Å². The predicted molar refractivity (Wildman–Crippen MR) is 130 cm³/mol. The number of fused-ring (bicyclic) bond motifs is 5. The molecule has 0 bridgehead atoms. The van der Waals surface area contributed by atoms with Crippen molar-refractivity contribution >= 4 is 21.9 Å². The van der Waals surface area contributed by atoms with Crippen molar-refractivity contribution in [3.05, 3.63) is 89.6 Å². The minimum Gasteiger partial charge on any atom is -0.457 e. The molecule has 6 rings (SSSR count). The van der Waals surface area contributed by atoms with Gasteiger partial charge in [-0.2, -0.15) is 0 Å². The van der Waals surface area contributed by atoms with Crippen molar-refractivity contribution in [2.45, 2.75) is 39.0 Å². The summed E-state index contributed by atoms with van der Waals surface area (Å²) < 4.78 is 12.7. The van der Waals surface area contributed by atoms with Crippen LogP contribution in [0.2, 0.25) is 0 Å². The van der Waals surface area contributed by atoms with Gasteiger partial charge in [0.25, 0.3) is 0 Å². The number of benzene rings is 3. The lowest BCUT2D eigenvalue weighted by Crippen LogP contribution is -2.24. The summed E-state index contributed by atoms with van der Waals surface area (Å²) in [4.78, 5) is 4.66. The predicted octanol–water partition coefficient (Wildman–Crippen LogP) is 8.20. The van der Waals surface area contributed by atoms with Gasteiger partial charge < -0.3 is 9.15 Å². The number of para-hydroxylation sites is 2. The number of aromatic nitrogens is 1. The minimum absolute atomic E-state index is 0.160. The number of ether oxygens (including phenoxy) is 1. The Morgan fingerprint density at radius 1 is 0.812 bits per heavy atom. The molecule has 32 heavy (non-hydrogen) atoms. The van der Waals surface area contributed by atoms with Crippen molar-refractivity contribution in [2.24, 2.45) is 0 Å². The number of nitrogens with zero attached hydrogens (tertiary/aromatic N) is 1. The van der Waals surface area contributed by atoms with Gasteiger partial charge in [-0.05, 0) is 41.8 Å². The highest BCUT2D eigenvalue weighted by Crippen LogP contribution is 2.50. The summed E-state index contributed by atoms with van der Waals surface area (Å²) in [6.07, 6.45) is 1.89. The zero-order valence-electron chi connectivity index (χ0n) is 18.8. The second kappa shape index (κ2) is 6.70. The smallest absolute Gasteiger partial charge is 0.144 e. The van der Waals surface area contributed by atoms with Crippen LogP contribution in [-0.4, -0.2) is 4.98 Å². The van der Waals surface area contributed by atoms with Crippen molar-refractivity contribution in [1.29, 1.82) is 0 Å². The largest absolute Gasteiger partial charge is 0.457 e. The molecule has 1 aliphatic rings. The number of hydrogen-bond acceptors (Lipinski definition) is 3. The van der Waals surface area contributed by atoms with E-state index in [0.29, 0.717) is 5.92 Å². The maximum absolute atomic E-state index is 6.44. The molecule has 0 fully saturated rings. The molecule has 0 unspecified atom stereocenters. The molecule has 158 valence electrons. The molecule has 0 spiro atoms. The topological polar surface area (TPSA) is 35.3 Å². The van der Waals surface area contributed by atoms with Crippen molar-refractivity contribution in [3.63, 3.8) is 0 Å². The van der Waals surface area contributed by atoms with E-state index in [2.05, 4.69) is 81.2 Å². The van der Waals surface area contributed by atoms with Crippen LogP contribution in [0.1, 0.15) is 50.3 Å². The van der Waals surface area contributed by atoms with E-state index in [-0.39, 0.29) is 5.41 Å². The number of furan rings is 1. The fraction of sp³-hybridized carbons (Fsp3) is 0.207. The van der Waals surface area contributed by atoms with E-state index in [0.717, 1.165) is 44.7 Å². The second-order valence-corrected chi connectivity index (χ2v) is 9.48. The third-order valence-electron chi connectivity index (χ3n) is 6.78. The van der Waals surface area contributed by atoms with Gasteiger partial charge in [0.05, 0.1) is 5.69 Å². The Labute approximate surface area is 187 Å². The molecule has 0 N–H and O–H groups in total. The highest BCUT2D eigenvalue weighted by atomic mass is 16.5. The molecule has 0 saturated carbocycles. The molecule has 0 radical (unpaired) electrons. The molecule has 0 atom stereocenters. The molecule has 0 saturated heterocycles. The van der Waals surface area contributed by atoms with Crippen LogP contribution in [0, 0.1) is 0 Å². The summed E-state index contributed by atoms with van der Waals surface area (Å²) in [6, 6.07) is 23.1. The van der Waals surface area contributed by atoms with Crippen molar-refractivity contribution in [3.8, 4) is 22.8 Å². The van der Waals surface area contributed by atoms with Gasteiger partial charge >= 0.3 is 0 Å². The molecule has 5 aromatic rings. The highest BCUT2D eigenvalue weighted by Gasteiger charge is 2.35. The van der Waals surface area contributed by atoms with Gasteiger partial charge in [-0.15, -0.1) is 0 Å². The Hall–Kier alpha value is -3.59. The van der Waals surface area contributed by atoms with Crippen LogP contribution in [0.3, 0.4) is 0 Å². The summed E-state index contributed by atoms with van der Waals surface area (Å²) in [5, 5.41) is 2.21. The van der Waals surface area contributed by atoms with E-state index >= 15 is 0 Å². The molecule has 2 aromatic heterocycles. The van der Waals surface area contributed by atoms with Crippen LogP contribution in [0.4, 0.5) is 0 Å². The minimum atomic E-state index is -0.160. The second-order valence-electron chi connectivity index (χ2n) is 9.48. The van der Waals surface area contributed by atoms with E-state index in [9.17, 15) is 0 Å². The first-order valence-corrected chi connectivity index (χ1v) is 11.2. The maximum Gasteiger partial charge on any atom is 0.144 e. The van der Waals surface area contributed by atoms with Crippen LogP contribution in [0.25, 0.3) is 33.2 Å². The van der Waals surface area contributed by atoms with Crippen molar-refractivity contribution in [2.75, 3.05) is 0 Å². The lowest BCUT2D eigenvalue weighted by atomic mass is 9.75. The van der Waals surface area contributed by atoms with Gasteiger partial charge in [0.1, 0.15) is 22.7 Å². The first kappa shape index (κ1) is 19.1. The third-order valence-corrected chi connectivity index (χ3v) is 6.78. The molecule has 0 aliphatic carbocycles. The Balaban J connectivity index is 1.59. The first-order chi connectivity index (χ1) is 15.4. The van der Waals surface area contributed by atoms with Gasteiger partial charge in [-0.3, -0.25) is 4.98 Å². The quantitative estimate of drug-likeness (QED) is 0.289. The lowest BCUT2D eigenvalue weighted by Gasteiger charge is -2.34. The molecule has 1 aliphatic heterocycles. The van der Waals surface area contributed by atoms with Gasteiger partial charge in [0.15, 0.2) is 0 Å². The van der Waals surface area contributed by atoms with Crippen LogP contribution in [-0.2, 0) is 5.41 Å². The van der Waals surface area contributed by atoms with Gasteiger partial charge in [-0.1, -0.05) is 58.0 Å². The summed E-state index contributed by atoms with van der Waals surface area (Å²) in [6.45, 7) is 8.92. The fourth-order valence-electron chi connectivity index (χ4n) is 4.89. The fourth-order valence-corrected chi connectivity index (χ4v) is 4.89. The molecule has 3 nitrogen and oxygen atoms in total. The van der Waals surface area contributed by atoms with Crippen LogP contribution in [0.15, 0.2) is 77.3 Å². The van der Waals surface area contributed by atoms with Crippen molar-refractivity contribution < 1.29 is 9.15 Å². The monoisotopic (exact) mass is 419 g/mol. The summed E-state index contributed by atoms with van der Waals surface area (Å²) in [5.41, 5.74) is 7.15. The van der Waals surface area contributed by atoms with Crippen LogP contribution >= 0.6 is 0 Å². The third kappa shape index (κ3) is 2.70. The Bertz CT molecular complexity index is 1510. The van der Waals surface area contributed by atoms with Gasteiger partial charge in [0, 0.05) is 45.1 Å². The first-order valence-electron chi connectivity index (χ1n) is 11.2. The van der Waals surface area contributed by atoms with E-state index in [4.69, 9.17) is 9.15 Å². The Morgan fingerprint density at radius 2 is 1.66 bits per heavy atom.